The summed E-state index contributed by atoms with van der Waals surface area (Å²) in [4.78, 5) is 33.1. The number of nitrogens with zero attached hydrogens (tertiary/aromatic N) is 2. The maximum atomic E-state index is 13.9. The summed E-state index contributed by atoms with van der Waals surface area (Å²) in [6.45, 7) is 3.52. The second-order valence-electron chi connectivity index (χ2n) is 11.7. The number of benzene rings is 2. The fraction of sp³-hybridized carbons (Fsp3) is 0.324. The minimum Gasteiger partial charge on any atom is -0.507 e. The fourth-order valence-electron chi connectivity index (χ4n) is 6.60. The molecule has 1 aromatic heterocycles. The molecule has 2 aliphatic rings. The Labute approximate surface area is 257 Å². The third kappa shape index (κ3) is 6.12. The van der Waals surface area contributed by atoms with Crippen LogP contribution in [0.15, 0.2) is 84.1 Å². The van der Waals surface area contributed by atoms with E-state index in [0.29, 0.717) is 23.3 Å². The van der Waals surface area contributed by atoms with Gasteiger partial charge in [0.2, 0.25) is 11.8 Å². The van der Waals surface area contributed by atoms with Crippen LogP contribution in [0, 0.1) is 23.7 Å². The molecule has 2 aromatic carbocycles. The monoisotopic (exact) mass is 596 g/mol. The number of carbonyl (C=O) groups is 2. The number of aliphatic hydroxyl groups is 2. The number of hydrogen-bond donors (Lipinski definition) is 5. The largest absolute Gasteiger partial charge is 0.507 e. The molecule has 10 heteroatoms. The van der Waals surface area contributed by atoms with E-state index in [1.54, 1.807) is 36.5 Å². The van der Waals surface area contributed by atoms with Crippen molar-refractivity contribution in [2.45, 2.75) is 39.2 Å². The number of carbonyl (C=O) groups excluding carboxylic acids is 2. The van der Waals surface area contributed by atoms with Crippen LogP contribution in [0.25, 0.3) is 11.6 Å². The van der Waals surface area contributed by atoms with Crippen LogP contribution in [-0.2, 0) is 9.59 Å². The van der Waals surface area contributed by atoms with Crippen molar-refractivity contribution in [3.8, 4) is 5.75 Å². The molecule has 44 heavy (non-hydrogen) atoms. The summed E-state index contributed by atoms with van der Waals surface area (Å²) < 4.78 is 0. The molecule has 0 spiro atoms. The molecule has 2 heterocycles. The molecule has 0 radical (unpaired) electrons. The summed E-state index contributed by atoms with van der Waals surface area (Å²) in [5.74, 6) is -3.16. The Morgan fingerprint density at radius 3 is 2.45 bits per heavy atom. The van der Waals surface area contributed by atoms with E-state index < -0.39 is 49.4 Å². The molecular formula is C34H37BN2O7. The van der Waals surface area contributed by atoms with Gasteiger partial charge in [0.25, 0.3) is 0 Å². The van der Waals surface area contributed by atoms with Gasteiger partial charge in [0.15, 0.2) is 0 Å². The van der Waals surface area contributed by atoms with E-state index in [9.17, 15) is 35.0 Å². The van der Waals surface area contributed by atoms with Gasteiger partial charge in [0.05, 0.1) is 35.9 Å². The smallest absolute Gasteiger partial charge is 0.488 e. The Hall–Kier alpha value is -4.09. The highest BCUT2D eigenvalue weighted by Crippen LogP contribution is 2.49. The first kappa shape index (κ1) is 31.3. The molecule has 0 bridgehead atoms. The van der Waals surface area contributed by atoms with Crippen LogP contribution in [0.4, 0.5) is 5.69 Å². The molecule has 5 rings (SSSR count). The highest BCUT2D eigenvalue weighted by molar-refractivity contribution is 6.58. The van der Waals surface area contributed by atoms with E-state index in [-0.39, 0.29) is 35.7 Å². The number of imide groups is 1. The number of para-hydroxylation sites is 1. The zero-order valence-electron chi connectivity index (χ0n) is 24.7. The maximum Gasteiger partial charge on any atom is 0.488 e. The third-order valence-corrected chi connectivity index (χ3v) is 8.75. The first-order valence-electron chi connectivity index (χ1n) is 14.9. The maximum absolute atomic E-state index is 13.9. The second kappa shape index (κ2) is 13.3. The van der Waals surface area contributed by atoms with Gasteiger partial charge in [0, 0.05) is 17.7 Å². The number of aromatic hydroxyl groups is 1. The van der Waals surface area contributed by atoms with E-state index in [4.69, 9.17) is 0 Å². The van der Waals surface area contributed by atoms with E-state index in [1.807, 2.05) is 44.2 Å². The van der Waals surface area contributed by atoms with E-state index in [2.05, 4.69) is 4.98 Å². The molecule has 9 nitrogen and oxygen atoms in total. The van der Waals surface area contributed by atoms with Crippen LogP contribution in [0.3, 0.4) is 0 Å². The second-order valence-corrected chi connectivity index (χ2v) is 11.7. The van der Waals surface area contributed by atoms with E-state index in [1.165, 1.54) is 12.1 Å². The molecule has 1 aliphatic heterocycles. The molecule has 1 aliphatic carbocycles. The lowest BCUT2D eigenvalue weighted by molar-refractivity contribution is -0.123. The lowest BCUT2D eigenvalue weighted by Gasteiger charge is -2.38. The van der Waals surface area contributed by atoms with Gasteiger partial charge in [-0.15, -0.1) is 0 Å². The van der Waals surface area contributed by atoms with Crippen molar-refractivity contribution >= 4 is 41.7 Å². The molecule has 5 N–H and O–H groups in total. The molecule has 3 aromatic rings. The molecule has 228 valence electrons. The van der Waals surface area contributed by atoms with Crippen LogP contribution < -0.4 is 10.4 Å². The SMILES string of the molecule is CC(C)C1=C([C@H](O)CC/C(=C/c2ccccc2O)c2ccccn2)[C@H](CO)[C@@H]2C(=O)N(c3cccc(B(O)O)c3)C(=O)[C@@H]2C1. The zero-order valence-corrected chi connectivity index (χ0v) is 24.7. The Morgan fingerprint density at radius 2 is 1.80 bits per heavy atom. The summed E-state index contributed by atoms with van der Waals surface area (Å²) in [5.41, 5.74) is 3.95. The van der Waals surface area contributed by atoms with Gasteiger partial charge in [-0.25, -0.2) is 0 Å². The number of anilines is 1. The number of hydrogen-bond acceptors (Lipinski definition) is 8. The van der Waals surface area contributed by atoms with Crippen LogP contribution in [0.5, 0.6) is 5.75 Å². The molecule has 1 saturated heterocycles. The van der Waals surface area contributed by atoms with Crippen LogP contribution >= 0.6 is 0 Å². The number of phenolic OH excluding ortho intramolecular Hbond substituents is 1. The Kier molecular flexibility index (Phi) is 9.46. The molecule has 0 unspecified atom stereocenters. The molecule has 1 fully saturated rings. The van der Waals surface area contributed by atoms with E-state index >= 15 is 0 Å². The summed E-state index contributed by atoms with van der Waals surface area (Å²) in [6, 6.07) is 18.5. The van der Waals surface area contributed by atoms with Gasteiger partial charge in [-0.1, -0.05) is 55.8 Å². The van der Waals surface area contributed by atoms with Gasteiger partial charge in [-0.3, -0.25) is 19.5 Å². The van der Waals surface area contributed by atoms with Gasteiger partial charge in [-0.05, 0) is 78.2 Å². The zero-order chi connectivity index (χ0) is 31.5. The lowest BCUT2D eigenvalue weighted by atomic mass is 9.66. The summed E-state index contributed by atoms with van der Waals surface area (Å²) >= 11 is 0. The quantitative estimate of drug-likeness (QED) is 0.136. The summed E-state index contributed by atoms with van der Waals surface area (Å²) in [5, 5.41) is 52.1. The molecule has 4 atom stereocenters. The summed E-state index contributed by atoms with van der Waals surface area (Å²) in [6.07, 6.45) is 3.44. The number of fused-ring (bicyclic) bond motifs is 1. The topological polar surface area (TPSA) is 151 Å². The number of rotatable bonds is 10. The minimum absolute atomic E-state index is 0.0495. The lowest BCUT2D eigenvalue weighted by Crippen LogP contribution is -2.40. The van der Waals surface area contributed by atoms with Crippen LogP contribution in [-0.4, -0.2) is 62.0 Å². The van der Waals surface area contributed by atoms with Crippen molar-refractivity contribution in [3.63, 3.8) is 0 Å². The predicted octanol–water partition coefficient (Wildman–Crippen LogP) is 2.92. The van der Waals surface area contributed by atoms with Crippen LogP contribution in [0.2, 0.25) is 0 Å². The van der Waals surface area contributed by atoms with Crippen LogP contribution in [0.1, 0.15) is 44.4 Å². The number of aromatic nitrogens is 1. The average molecular weight is 596 g/mol. The van der Waals surface area contributed by atoms with Gasteiger partial charge >= 0.3 is 7.12 Å². The molecular weight excluding hydrogens is 559 g/mol. The molecule has 2 amide bonds. The predicted molar refractivity (Wildman–Crippen MR) is 168 cm³/mol. The first-order chi connectivity index (χ1) is 21.1. The number of phenols is 1. The third-order valence-electron chi connectivity index (χ3n) is 8.75. The van der Waals surface area contributed by atoms with Crippen molar-refractivity contribution in [1.29, 1.82) is 0 Å². The normalized spacial score (nSPS) is 21.2. The van der Waals surface area contributed by atoms with Gasteiger partial charge in [-0.2, -0.15) is 0 Å². The fourth-order valence-corrected chi connectivity index (χ4v) is 6.60. The average Bonchev–Trinajstić information content (AvgIpc) is 3.28. The Balaban J connectivity index is 1.46. The standard InChI is InChI=1S/C34H37BN2O7/c1-20(2)25-18-26-32(34(42)37(33(26)41)24-10-7-9-23(17-24)35(43)44)27(19-38)31(25)30(40)14-13-21(28-11-5-6-15-36-28)16-22-8-3-4-12-29(22)39/h3-12,15-17,20,26-27,30,32,38-40,43-44H,13-14,18-19H2,1-2H3/b21-16-/t26-,27+,30-,32-/m1/s1. The van der Waals surface area contributed by atoms with Crippen molar-refractivity contribution in [2.24, 2.45) is 23.7 Å². The number of allylic oxidation sites excluding steroid dienone is 2. The Morgan fingerprint density at radius 1 is 1.05 bits per heavy atom. The highest BCUT2D eigenvalue weighted by Gasteiger charge is 2.55. The van der Waals surface area contributed by atoms with Crippen molar-refractivity contribution in [1.82, 2.24) is 4.98 Å². The minimum atomic E-state index is -1.76. The first-order valence-corrected chi connectivity index (χ1v) is 14.9. The number of pyridine rings is 1. The Bertz CT molecular complexity index is 1590. The van der Waals surface area contributed by atoms with Crippen molar-refractivity contribution < 1.29 is 35.0 Å². The summed E-state index contributed by atoms with van der Waals surface area (Å²) in [7, 11) is -1.76. The van der Waals surface area contributed by atoms with Gasteiger partial charge < -0.3 is 25.4 Å². The number of amides is 2. The highest BCUT2D eigenvalue weighted by atomic mass is 16.4. The van der Waals surface area contributed by atoms with Crippen molar-refractivity contribution in [3.05, 3.63) is 95.3 Å². The molecule has 0 saturated carbocycles. The van der Waals surface area contributed by atoms with E-state index in [0.717, 1.165) is 16.0 Å². The van der Waals surface area contributed by atoms with Crippen molar-refractivity contribution in [2.75, 3.05) is 11.5 Å². The van der Waals surface area contributed by atoms with Gasteiger partial charge in [0.1, 0.15) is 5.75 Å². The number of aliphatic hydroxyl groups excluding tert-OH is 2.